The number of nitrogens with one attached hydrogen (secondary N) is 3. The Bertz CT molecular complexity index is 1520. The molecule has 16 nitrogen and oxygen atoms in total. The molecule has 1 saturated heterocycles. The van der Waals surface area contributed by atoms with E-state index < -0.39 is 65.7 Å². The number of likely N-dealkylation sites (tertiary alicyclic amines) is 1. The van der Waals surface area contributed by atoms with Crippen LogP contribution < -0.4 is 16.0 Å². The fraction of sp³-hybridized carbons (Fsp3) is 0.674. The first kappa shape index (κ1) is 52.0. The van der Waals surface area contributed by atoms with E-state index in [1.54, 1.807) is 37.0 Å². The molecule has 1 rings (SSSR count). The normalized spacial score (nSPS) is 15.4. The van der Waals surface area contributed by atoms with E-state index in [4.69, 9.17) is 0 Å². The van der Waals surface area contributed by atoms with Crippen LogP contribution in [0.4, 0.5) is 0 Å². The third-order valence-corrected chi connectivity index (χ3v) is 10.1. The van der Waals surface area contributed by atoms with Gasteiger partial charge in [-0.25, -0.2) is 0 Å². The van der Waals surface area contributed by atoms with Gasteiger partial charge in [0.25, 0.3) is 0 Å². The van der Waals surface area contributed by atoms with Crippen molar-refractivity contribution in [2.45, 2.75) is 130 Å². The van der Waals surface area contributed by atoms with Gasteiger partial charge in [0, 0.05) is 53.7 Å². The van der Waals surface area contributed by atoms with Gasteiger partial charge in [0.05, 0.1) is 13.0 Å². The van der Waals surface area contributed by atoms with Crippen LogP contribution in [0.25, 0.3) is 0 Å². The third kappa shape index (κ3) is 17.4. The SMILES string of the molecule is C=C/C=C\C(=C)C[C@@H](C(=O)N(C)[C@@H](CC(C)C)C(=O)NC(CC(=O)NC(C)C)C(=O)N1CCCCC1)N(C)C(=O)[C@H](C)NC(=O)[C@H](CC(C)C)N(C)C(=O)CN(C)C=O. The first-order valence-electron chi connectivity index (χ1n) is 20.7. The van der Waals surface area contributed by atoms with Gasteiger partial charge in [-0.15, -0.1) is 0 Å². The Hall–Kier alpha value is -5.02. The lowest BCUT2D eigenvalue weighted by Gasteiger charge is -2.37. The lowest BCUT2D eigenvalue weighted by atomic mass is 9.98. The van der Waals surface area contributed by atoms with E-state index in [0.29, 0.717) is 25.1 Å². The van der Waals surface area contributed by atoms with Crippen LogP contribution in [0, 0.1) is 11.8 Å². The Kier molecular flexibility index (Phi) is 22.4. The van der Waals surface area contributed by atoms with E-state index >= 15 is 0 Å². The molecule has 0 aromatic heterocycles. The van der Waals surface area contributed by atoms with E-state index in [-0.39, 0.29) is 56.0 Å². The van der Waals surface area contributed by atoms with Crippen LogP contribution in [0.15, 0.2) is 37.0 Å². The van der Waals surface area contributed by atoms with Gasteiger partial charge in [-0.1, -0.05) is 64.7 Å². The number of nitrogens with zero attached hydrogens (tertiary/aromatic N) is 5. The zero-order chi connectivity index (χ0) is 45.1. The first-order chi connectivity index (χ1) is 27.5. The lowest BCUT2D eigenvalue weighted by molar-refractivity contribution is -0.150. The Labute approximate surface area is 352 Å². The van der Waals surface area contributed by atoms with Crippen molar-refractivity contribution in [1.82, 2.24) is 40.4 Å². The molecule has 16 heteroatoms. The number of carbonyl (C=O) groups is 8. The maximum absolute atomic E-state index is 14.6. The summed E-state index contributed by atoms with van der Waals surface area (Å²) >= 11 is 0. The molecule has 1 fully saturated rings. The molecule has 332 valence electrons. The van der Waals surface area contributed by atoms with Gasteiger partial charge in [-0.2, -0.15) is 0 Å². The van der Waals surface area contributed by atoms with E-state index in [9.17, 15) is 38.4 Å². The fourth-order valence-corrected chi connectivity index (χ4v) is 6.81. The number of carbonyl (C=O) groups excluding carboxylic acids is 8. The Morgan fingerprint density at radius 2 is 1.22 bits per heavy atom. The number of hydrogen-bond acceptors (Lipinski definition) is 8. The minimum Gasteiger partial charge on any atom is -0.354 e. The molecule has 1 heterocycles. The van der Waals surface area contributed by atoms with Gasteiger partial charge in [0.15, 0.2) is 0 Å². The number of likely N-dealkylation sites (N-methyl/N-ethyl adjacent to an activating group) is 4. The molecule has 0 radical (unpaired) electrons. The minimum absolute atomic E-state index is 0.00278. The van der Waals surface area contributed by atoms with Crippen LogP contribution in [0.3, 0.4) is 0 Å². The van der Waals surface area contributed by atoms with Gasteiger partial charge in [0.2, 0.25) is 47.8 Å². The minimum atomic E-state index is -1.19. The second-order valence-electron chi connectivity index (χ2n) is 16.8. The summed E-state index contributed by atoms with van der Waals surface area (Å²) in [6.07, 6.45) is 8.14. The maximum atomic E-state index is 14.6. The van der Waals surface area contributed by atoms with Crippen molar-refractivity contribution >= 4 is 47.8 Å². The molecule has 3 N–H and O–H groups in total. The molecule has 5 atom stereocenters. The lowest BCUT2D eigenvalue weighted by Crippen LogP contribution is -2.60. The zero-order valence-corrected chi connectivity index (χ0v) is 37.4. The summed E-state index contributed by atoms with van der Waals surface area (Å²) in [4.78, 5) is 114. The monoisotopic (exact) mass is 829 g/mol. The Morgan fingerprint density at radius 1 is 0.695 bits per heavy atom. The van der Waals surface area contributed by atoms with Crippen molar-refractivity contribution in [3.8, 4) is 0 Å². The highest BCUT2D eigenvalue weighted by molar-refractivity contribution is 5.97. The summed E-state index contributed by atoms with van der Waals surface area (Å²) in [7, 11) is 5.81. The molecule has 0 saturated carbocycles. The topological polar surface area (TPSA) is 189 Å². The van der Waals surface area contributed by atoms with E-state index in [2.05, 4.69) is 29.1 Å². The number of amides is 8. The number of piperidine rings is 1. The van der Waals surface area contributed by atoms with Gasteiger partial charge in [-0.05, 0) is 64.7 Å². The number of allylic oxidation sites excluding steroid dienone is 3. The van der Waals surface area contributed by atoms with Gasteiger partial charge in [-0.3, -0.25) is 38.4 Å². The summed E-state index contributed by atoms with van der Waals surface area (Å²) in [6.45, 7) is 21.2. The predicted molar refractivity (Wildman–Crippen MR) is 228 cm³/mol. The molecule has 59 heavy (non-hydrogen) atoms. The average Bonchev–Trinajstić information content (AvgIpc) is 3.17. The van der Waals surface area contributed by atoms with Crippen molar-refractivity contribution in [1.29, 1.82) is 0 Å². The summed E-state index contributed by atoms with van der Waals surface area (Å²) in [6, 6.07) is -5.71. The van der Waals surface area contributed by atoms with Gasteiger partial charge < -0.3 is 40.4 Å². The Balaban J connectivity index is 3.51. The number of hydrogen-bond donors (Lipinski definition) is 3. The highest BCUT2D eigenvalue weighted by Gasteiger charge is 2.39. The summed E-state index contributed by atoms with van der Waals surface area (Å²) in [5, 5.41) is 8.32. The summed E-state index contributed by atoms with van der Waals surface area (Å²) < 4.78 is 0. The molecular formula is C43H72N8O8. The highest BCUT2D eigenvalue weighted by atomic mass is 16.2. The molecule has 0 aliphatic carbocycles. The first-order valence-corrected chi connectivity index (χ1v) is 20.7. The van der Waals surface area contributed by atoms with E-state index in [1.165, 1.54) is 49.8 Å². The van der Waals surface area contributed by atoms with Crippen molar-refractivity contribution in [2.24, 2.45) is 11.8 Å². The van der Waals surface area contributed by atoms with Crippen LogP contribution in [-0.4, -0.2) is 156 Å². The maximum Gasteiger partial charge on any atom is 0.246 e. The summed E-state index contributed by atoms with van der Waals surface area (Å²) in [5.74, 6) is -3.71. The molecule has 1 unspecified atom stereocenters. The number of rotatable bonds is 24. The van der Waals surface area contributed by atoms with Crippen molar-refractivity contribution in [3.63, 3.8) is 0 Å². The van der Waals surface area contributed by atoms with Crippen LogP contribution >= 0.6 is 0 Å². The van der Waals surface area contributed by atoms with Crippen molar-refractivity contribution in [2.75, 3.05) is 47.8 Å². The third-order valence-electron chi connectivity index (χ3n) is 10.1. The smallest absolute Gasteiger partial charge is 0.246 e. The molecule has 1 aliphatic heterocycles. The average molecular weight is 829 g/mol. The van der Waals surface area contributed by atoms with Crippen LogP contribution in [0.1, 0.15) is 93.4 Å². The molecule has 1 aliphatic rings. The van der Waals surface area contributed by atoms with E-state index in [1.807, 2.05) is 27.7 Å². The predicted octanol–water partition coefficient (Wildman–Crippen LogP) is 2.25. The van der Waals surface area contributed by atoms with Gasteiger partial charge in [0.1, 0.15) is 30.2 Å². The molecule has 0 bridgehead atoms. The standard InChI is InChI=1S/C43H72N8O8/c1-14-15-19-31(8)24-36(50(13)41(57)32(9)45-39(55)34(22-28(2)3)48(11)38(54)26-47(10)27-52)43(59)49(12)35(23-29(4)5)40(56)46-33(25-37(53)44-30(6)7)42(58)51-20-17-16-18-21-51/h14-15,19,27-30,32-36H,1,8,16-18,20-26H2,2-7,9-13H3,(H,44,53)(H,45,55)(H,46,56)/b19-15-/t32-,33?,34-,35-,36-/m0/s1. The quantitative estimate of drug-likeness (QED) is 0.0976. The fourth-order valence-electron chi connectivity index (χ4n) is 6.81. The van der Waals surface area contributed by atoms with Crippen molar-refractivity contribution < 1.29 is 38.4 Å². The van der Waals surface area contributed by atoms with Crippen molar-refractivity contribution in [3.05, 3.63) is 37.0 Å². The van der Waals surface area contributed by atoms with Gasteiger partial charge >= 0.3 is 0 Å². The highest BCUT2D eigenvalue weighted by Crippen LogP contribution is 2.20. The molecule has 0 aromatic rings. The second kappa shape index (κ2) is 25.5. The molecule has 8 amide bonds. The van der Waals surface area contributed by atoms with Crippen LogP contribution in [0.5, 0.6) is 0 Å². The zero-order valence-electron chi connectivity index (χ0n) is 37.4. The molecular weight excluding hydrogens is 757 g/mol. The largest absolute Gasteiger partial charge is 0.354 e. The summed E-state index contributed by atoms with van der Waals surface area (Å²) in [5.41, 5.74) is 0.485. The van der Waals surface area contributed by atoms with Crippen LogP contribution in [0.2, 0.25) is 0 Å². The molecule has 0 aromatic carbocycles. The molecule has 0 spiro atoms. The van der Waals surface area contributed by atoms with E-state index in [0.717, 1.165) is 24.2 Å². The Morgan fingerprint density at radius 3 is 1.73 bits per heavy atom. The second-order valence-corrected chi connectivity index (χ2v) is 16.8. The van der Waals surface area contributed by atoms with Crippen LogP contribution in [-0.2, 0) is 38.4 Å².